The van der Waals surface area contributed by atoms with E-state index in [-0.39, 0.29) is 12.3 Å². The zero-order valence-electron chi connectivity index (χ0n) is 19.4. The van der Waals surface area contributed by atoms with Gasteiger partial charge in [0.05, 0.1) is 34.7 Å². The van der Waals surface area contributed by atoms with Crippen molar-refractivity contribution in [1.29, 1.82) is 0 Å². The summed E-state index contributed by atoms with van der Waals surface area (Å²) >= 11 is 3.60. The fourth-order valence-electron chi connectivity index (χ4n) is 6.91. The third-order valence-electron chi connectivity index (χ3n) is 8.41. The van der Waals surface area contributed by atoms with E-state index in [1.807, 2.05) is 51.6 Å². The Kier molecular flexibility index (Phi) is 3.63. The summed E-state index contributed by atoms with van der Waals surface area (Å²) in [5.41, 5.74) is 1.57. The fourth-order valence-corrected chi connectivity index (χ4v) is 7.28. The lowest BCUT2D eigenvalue weighted by atomic mass is 9.88. The molecule has 0 spiro atoms. The van der Waals surface area contributed by atoms with Gasteiger partial charge in [-0.15, -0.1) is 0 Å². The molecule has 0 saturated carbocycles. The minimum atomic E-state index is -1.94. The lowest BCUT2D eigenvalue weighted by Crippen LogP contribution is -2.56. The number of ether oxygens (including phenoxy) is 2. The third-order valence-corrected chi connectivity index (χ3v) is 8.90. The average molecular weight is 546 g/mol. The molecule has 0 unspecified atom stereocenters. The monoisotopic (exact) mass is 545 g/mol. The molecule has 8 nitrogen and oxygen atoms in total. The zero-order valence-corrected chi connectivity index (χ0v) is 21.0. The van der Waals surface area contributed by atoms with Crippen LogP contribution in [0.25, 0.3) is 43.6 Å². The summed E-state index contributed by atoms with van der Waals surface area (Å²) in [7, 11) is 1.28. The molecule has 8 rings (SSSR count). The van der Waals surface area contributed by atoms with E-state index < -0.39 is 23.5 Å². The number of aromatic nitrogens is 2. The maximum atomic E-state index is 13.3. The number of rotatable bonds is 1. The number of amides is 1. The number of para-hydroxylation sites is 1. The molecule has 36 heavy (non-hydrogen) atoms. The first-order valence-electron chi connectivity index (χ1n) is 11.8. The molecule has 5 aromatic rings. The Balaban J connectivity index is 1.73. The first-order valence-corrected chi connectivity index (χ1v) is 12.6. The summed E-state index contributed by atoms with van der Waals surface area (Å²) < 4.78 is 16.7. The van der Waals surface area contributed by atoms with Crippen molar-refractivity contribution in [3.05, 3.63) is 58.1 Å². The molecule has 180 valence electrons. The molecule has 1 fully saturated rings. The van der Waals surface area contributed by atoms with E-state index in [2.05, 4.69) is 21.2 Å². The summed E-state index contributed by atoms with van der Waals surface area (Å²) in [5, 5.41) is 18.7. The quantitative estimate of drug-likeness (QED) is 0.304. The number of esters is 1. The normalized spacial score (nSPS) is 26.3. The maximum Gasteiger partial charge on any atom is 0.343 e. The largest absolute Gasteiger partial charge is 0.467 e. The number of benzene rings is 3. The molecule has 3 aliphatic heterocycles. The summed E-state index contributed by atoms with van der Waals surface area (Å²) in [6.07, 6.45) is -0.661. The van der Waals surface area contributed by atoms with Gasteiger partial charge in [-0.1, -0.05) is 34.1 Å². The van der Waals surface area contributed by atoms with Gasteiger partial charge < -0.3 is 29.0 Å². The van der Waals surface area contributed by atoms with Gasteiger partial charge in [0.1, 0.15) is 6.23 Å². The lowest BCUT2D eigenvalue weighted by Gasteiger charge is -2.37. The minimum Gasteiger partial charge on any atom is -0.467 e. The molecule has 3 atom stereocenters. The Labute approximate surface area is 212 Å². The Bertz CT molecular complexity index is 1890. The first-order chi connectivity index (χ1) is 17.3. The van der Waals surface area contributed by atoms with Gasteiger partial charge in [0.2, 0.25) is 5.60 Å². The van der Waals surface area contributed by atoms with Gasteiger partial charge in [-0.2, -0.15) is 0 Å². The van der Waals surface area contributed by atoms with E-state index in [0.29, 0.717) is 12.1 Å². The number of hydrogen-bond acceptors (Lipinski definition) is 5. The number of halogens is 1. The molecule has 2 aromatic heterocycles. The zero-order chi connectivity index (χ0) is 24.7. The van der Waals surface area contributed by atoms with Crippen LogP contribution in [0.5, 0.6) is 0 Å². The van der Waals surface area contributed by atoms with E-state index in [4.69, 9.17) is 9.47 Å². The predicted molar refractivity (Wildman–Crippen MR) is 137 cm³/mol. The highest BCUT2D eigenvalue weighted by Crippen LogP contribution is 2.57. The van der Waals surface area contributed by atoms with E-state index in [1.54, 1.807) is 6.92 Å². The smallest absolute Gasteiger partial charge is 0.343 e. The third kappa shape index (κ3) is 2.04. The molecule has 2 bridgehead atoms. The van der Waals surface area contributed by atoms with Crippen LogP contribution in [0.2, 0.25) is 0 Å². The number of carbonyl (C=O) groups is 2. The van der Waals surface area contributed by atoms with Crippen molar-refractivity contribution in [2.24, 2.45) is 0 Å². The number of nitrogens with zero attached hydrogens (tertiary/aromatic N) is 2. The summed E-state index contributed by atoms with van der Waals surface area (Å²) in [6.45, 7) is 2.15. The number of carbonyl (C=O) groups excluding carboxylic acids is 2. The minimum absolute atomic E-state index is 0.00182. The number of nitrogens with one attached hydrogen (secondary N) is 1. The number of hydrogen-bond donors (Lipinski definition) is 2. The maximum absolute atomic E-state index is 13.3. The van der Waals surface area contributed by atoms with Crippen LogP contribution in [-0.4, -0.2) is 38.8 Å². The van der Waals surface area contributed by atoms with Gasteiger partial charge in [0, 0.05) is 39.0 Å². The van der Waals surface area contributed by atoms with Crippen LogP contribution in [0.15, 0.2) is 46.9 Å². The van der Waals surface area contributed by atoms with Crippen LogP contribution in [0, 0.1) is 0 Å². The van der Waals surface area contributed by atoms with Crippen molar-refractivity contribution in [3.8, 4) is 0 Å². The highest BCUT2D eigenvalue weighted by Gasteiger charge is 2.65. The molecule has 1 amide bonds. The molecule has 1 saturated heterocycles. The number of methoxy groups -OCH3 is 1. The molecule has 5 heterocycles. The lowest BCUT2D eigenvalue weighted by molar-refractivity contribution is -0.202. The van der Waals surface area contributed by atoms with Crippen molar-refractivity contribution in [3.63, 3.8) is 0 Å². The molecule has 0 aliphatic carbocycles. The summed E-state index contributed by atoms with van der Waals surface area (Å²) in [6, 6.07) is 13.8. The van der Waals surface area contributed by atoms with E-state index in [0.717, 1.165) is 53.6 Å². The van der Waals surface area contributed by atoms with Crippen molar-refractivity contribution < 1.29 is 24.2 Å². The Hall–Kier alpha value is -3.40. The topological polar surface area (TPSA) is 94.7 Å². The molecule has 2 N–H and O–H groups in total. The summed E-state index contributed by atoms with van der Waals surface area (Å²) in [4.78, 5) is 26.5. The second kappa shape index (κ2) is 6.29. The van der Waals surface area contributed by atoms with Crippen LogP contribution < -0.4 is 5.32 Å². The van der Waals surface area contributed by atoms with Crippen LogP contribution in [-0.2, 0) is 26.5 Å². The summed E-state index contributed by atoms with van der Waals surface area (Å²) in [5.74, 6) is -0.842. The van der Waals surface area contributed by atoms with Crippen molar-refractivity contribution in [2.75, 3.05) is 7.11 Å². The van der Waals surface area contributed by atoms with Crippen LogP contribution in [0.1, 0.15) is 35.5 Å². The molecule has 9 heteroatoms. The highest BCUT2D eigenvalue weighted by atomic mass is 79.9. The highest BCUT2D eigenvalue weighted by molar-refractivity contribution is 9.10. The molecular formula is C27H20BrN3O5. The van der Waals surface area contributed by atoms with Gasteiger partial charge >= 0.3 is 5.97 Å². The predicted octanol–water partition coefficient (Wildman–Crippen LogP) is 4.42. The van der Waals surface area contributed by atoms with E-state index >= 15 is 0 Å². The van der Waals surface area contributed by atoms with Crippen molar-refractivity contribution in [1.82, 2.24) is 14.5 Å². The van der Waals surface area contributed by atoms with Gasteiger partial charge in [-0.3, -0.25) is 4.79 Å². The first kappa shape index (κ1) is 20.8. The molecule has 3 aliphatic rings. The second-order valence-corrected chi connectivity index (χ2v) is 10.9. The Morgan fingerprint density at radius 1 is 1.17 bits per heavy atom. The SMILES string of the molecule is COC(=O)[C@@]1(O)C[C@@H]2O[C@@]1(C)n1c3ccccc3c3c4c(c5c6cc(Br)ccc6n2c5c31)C(=O)NC4. The van der Waals surface area contributed by atoms with Crippen molar-refractivity contribution >= 4 is 71.4 Å². The molecule has 3 aromatic carbocycles. The van der Waals surface area contributed by atoms with Crippen LogP contribution in [0.3, 0.4) is 0 Å². The van der Waals surface area contributed by atoms with Gasteiger partial charge in [0.15, 0.2) is 5.72 Å². The molecule has 0 radical (unpaired) electrons. The van der Waals surface area contributed by atoms with Gasteiger partial charge in [-0.25, -0.2) is 4.79 Å². The van der Waals surface area contributed by atoms with Gasteiger partial charge in [-0.05, 0) is 36.8 Å². The van der Waals surface area contributed by atoms with Crippen LogP contribution >= 0.6 is 15.9 Å². The Morgan fingerprint density at radius 2 is 1.97 bits per heavy atom. The van der Waals surface area contributed by atoms with E-state index in [9.17, 15) is 14.7 Å². The average Bonchev–Trinajstić information content (AvgIpc) is 3.55. The van der Waals surface area contributed by atoms with Gasteiger partial charge in [0.25, 0.3) is 5.91 Å². The van der Waals surface area contributed by atoms with Crippen molar-refractivity contribution in [2.45, 2.75) is 37.4 Å². The number of aliphatic hydroxyl groups is 1. The fraction of sp³-hybridized carbons (Fsp3) is 0.259. The second-order valence-electron chi connectivity index (χ2n) is 9.98. The van der Waals surface area contributed by atoms with Crippen LogP contribution in [0.4, 0.5) is 0 Å². The standard InChI is InChI=1S/C27H20BrN3O5/c1-26-27(34,25(33)35-2)10-18(36-26)30-16-8-7-12(28)9-14(16)20-21-15(11-29-24(21)32)19-13-5-3-4-6-17(13)31(26)23(19)22(20)30/h3-9,18,34H,10-11H2,1-2H3,(H,29,32)/t18-,26+,27-/m0/s1. The molecular weight excluding hydrogens is 526 g/mol. The number of fused-ring (bicyclic) bond motifs is 13. The Morgan fingerprint density at radius 3 is 2.78 bits per heavy atom. The van der Waals surface area contributed by atoms with E-state index in [1.165, 1.54) is 7.11 Å².